The Morgan fingerprint density at radius 3 is 2.95 bits per heavy atom. The Balaban J connectivity index is 2.14. The predicted octanol–water partition coefficient (Wildman–Crippen LogP) is 1.23. The summed E-state index contributed by atoms with van der Waals surface area (Å²) in [5.74, 6) is 0.170. The SMILES string of the molecule is CCC1OCCC1CNS(=O)(=O)c1ccc(N)cc1C#N. The first-order chi connectivity index (χ1) is 9.97. The number of rotatable bonds is 5. The largest absolute Gasteiger partial charge is 0.399 e. The number of benzene rings is 1. The molecule has 114 valence electrons. The Morgan fingerprint density at radius 1 is 1.52 bits per heavy atom. The maximum absolute atomic E-state index is 12.3. The molecule has 1 aromatic rings. The number of hydrogen-bond acceptors (Lipinski definition) is 5. The van der Waals surface area contributed by atoms with Crippen molar-refractivity contribution in [3.05, 3.63) is 23.8 Å². The minimum absolute atomic E-state index is 0.0360. The van der Waals surface area contributed by atoms with E-state index < -0.39 is 10.0 Å². The van der Waals surface area contributed by atoms with E-state index in [0.717, 1.165) is 12.8 Å². The van der Waals surface area contributed by atoms with Gasteiger partial charge in [0.25, 0.3) is 0 Å². The molecule has 0 spiro atoms. The van der Waals surface area contributed by atoms with Crippen LogP contribution >= 0.6 is 0 Å². The van der Waals surface area contributed by atoms with Gasteiger partial charge in [-0.15, -0.1) is 0 Å². The Bertz CT molecular complexity index is 652. The molecule has 2 unspecified atom stereocenters. The molecule has 1 aromatic carbocycles. The number of anilines is 1. The highest BCUT2D eigenvalue weighted by Crippen LogP contribution is 2.24. The average molecular weight is 309 g/mol. The summed E-state index contributed by atoms with van der Waals surface area (Å²) in [5.41, 5.74) is 5.99. The van der Waals surface area contributed by atoms with Crippen molar-refractivity contribution in [3.8, 4) is 6.07 Å². The van der Waals surface area contributed by atoms with Gasteiger partial charge in [-0.1, -0.05) is 6.92 Å². The fraction of sp³-hybridized carbons (Fsp3) is 0.500. The standard InChI is InChI=1S/C14H19N3O3S/c1-2-13-10(5-6-20-13)9-17-21(18,19)14-4-3-12(16)7-11(14)8-15/h3-4,7,10,13,17H,2,5-6,9,16H2,1H3. The van der Waals surface area contributed by atoms with Gasteiger partial charge in [0.2, 0.25) is 10.0 Å². The van der Waals surface area contributed by atoms with Gasteiger partial charge in [0.15, 0.2) is 0 Å². The number of nitriles is 1. The van der Waals surface area contributed by atoms with E-state index in [1.165, 1.54) is 18.2 Å². The number of ether oxygens (including phenoxy) is 1. The molecule has 0 aliphatic carbocycles. The van der Waals surface area contributed by atoms with Gasteiger partial charge in [-0.3, -0.25) is 0 Å². The van der Waals surface area contributed by atoms with Gasteiger partial charge >= 0.3 is 0 Å². The van der Waals surface area contributed by atoms with Gasteiger partial charge in [-0.05, 0) is 31.0 Å². The van der Waals surface area contributed by atoms with Gasteiger partial charge in [0.05, 0.1) is 16.6 Å². The van der Waals surface area contributed by atoms with Crippen LogP contribution in [0.4, 0.5) is 5.69 Å². The second-order valence-corrected chi connectivity index (χ2v) is 6.82. The van der Waals surface area contributed by atoms with E-state index in [9.17, 15) is 8.42 Å². The molecule has 0 saturated carbocycles. The van der Waals surface area contributed by atoms with Crippen LogP contribution in [0.25, 0.3) is 0 Å². The molecule has 7 heteroatoms. The van der Waals surface area contributed by atoms with Crippen LogP contribution in [0, 0.1) is 17.2 Å². The molecule has 1 saturated heterocycles. The molecule has 1 fully saturated rings. The lowest BCUT2D eigenvalue weighted by atomic mass is 10.0. The molecule has 0 bridgehead atoms. The Morgan fingerprint density at radius 2 is 2.29 bits per heavy atom. The molecule has 6 nitrogen and oxygen atoms in total. The van der Waals surface area contributed by atoms with Crippen molar-refractivity contribution >= 4 is 15.7 Å². The van der Waals surface area contributed by atoms with Gasteiger partial charge in [0.1, 0.15) is 6.07 Å². The molecule has 1 aliphatic heterocycles. The molecule has 21 heavy (non-hydrogen) atoms. The third-order valence-corrected chi connectivity index (χ3v) is 5.18. The quantitative estimate of drug-likeness (QED) is 0.796. The summed E-state index contributed by atoms with van der Waals surface area (Å²) in [6.07, 6.45) is 1.79. The third kappa shape index (κ3) is 3.53. The monoisotopic (exact) mass is 309 g/mol. The van der Waals surface area contributed by atoms with Gasteiger partial charge in [-0.25, -0.2) is 13.1 Å². The van der Waals surface area contributed by atoms with Crippen molar-refractivity contribution in [2.45, 2.75) is 30.8 Å². The van der Waals surface area contributed by atoms with Crippen LogP contribution in [0.3, 0.4) is 0 Å². The summed E-state index contributed by atoms with van der Waals surface area (Å²) in [6, 6.07) is 6.06. The Kier molecular flexibility index (Phi) is 4.83. The number of nitrogens with two attached hydrogens (primary N) is 1. The van der Waals surface area contributed by atoms with Gasteiger partial charge in [0, 0.05) is 24.8 Å². The Hall–Kier alpha value is -1.62. The summed E-state index contributed by atoms with van der Waals surface area (Å²) in [7, 11) is -3.72. The van der Waals surface area contributed by atoms with Crippen LogP contribution in [0.15, 0.2) is 23.1 Å². The molecule has 0 radical (unpaired) electrons. The second kappa shape index (κ2) is 6.43. The van der Waals surface area contributed by atoms with E-state index in [-0.39, 0.29) is 22.5 Å². The molecule has 0 amide bonds. The Labute approximate surface area is 125 Å². The van der Waals surface area contributed by atoms with Crippen LogP contribution in [-0.2, 0) is 14.8 Å². The third-order valence-electron chi connectivity index (χ3n) is 3.70. The highest BCUT2D eigenvalue weighted by atomic mass is 32.2. The summed E-state index contributed by atoms with van der Waals surface area (Å²) < 4.78 is 32.8. The molecule has 0 aromatic heterocycles. The number of nitrogen functional groups attached to an aromatic ring is 1. The second-order valence-electron chi connectivity index (χ2n) is 5.09. The van der Waals surface area contributed by atoms with Crippen LogP contribution in [-0.4, -0.2) is 27.7 Å². The minimum atomic E-state index is -3.72. The van der Waals surface area contributed by atoms with Crippen LogP contribution < -0.4 is 10.5 Å². The number of nitrogens with zero attached hydrogens (tertiary/aromatic N) is 1. The maximum Gasteiger partial charge on any atom is 0.241 e. The zero-order valence-corrected chi connectivity index (χ0v) is 12.7. The van der Waals surface area contributed by atoms with Gasteiger partial charge in [-0.2, -0.15) is 5.26 Å². The van der Waals surface area contributed by atoms with Crippen LogP contribution in [0.1, 0.15) is 25.3 Å². The summed E-state index contributed by atoms with van der Waals surface area (Å²) in [6.45, 7) is 3.00. The summed E-state index contributed by atoms with van der Waals surface area (Å²) in [5, 5.41) is 9.05. The van der Waals surface area contributed by atoms with E-state index in [0.29, 0.717) is 18.8 Å². The predicted molar refractivity (Wildman–Crippen MR) is 78.9 cm³/mol. The summed E-state index contributed by atoms with van der Waals surface area (Å²) >= 11 is 0. The van der Waals surface area contributed by atoms with Crippen molar-refractivity contribution < 1.29 is 13.2 Å². The highest BCUT2D eigenvalue weighted by Gasteiger charge is 2.28. The van der Waals surface area contributed by atoms with Crippen molar-refractivity contribution in [1.82, 2.24) is 4.72 Å². The molecular weight excluding hydrogens is 290 g/mol. The molecule has 2 rings (SSSR count). The van der Waals surface area contributed by atoms with E-state index in [1.807, 2.05) is 13.0 Å². The van der Waals surface area contributed by atoms with Crippen molar-refractivity contribution in [2.75, 3.05) is 18.9 Å². The van der Waals surface area contributed by atoms with E-state index in [2.05, 4.69) is 4.72 Å². The first-order valence-corrected chi connectivity index (χ1v) is 8.37. The van der Waals surface area contributed by atoms with Gasteiger partial charge < -0.3 is 10.5 Å². The summed E-state index contributed by atoms with van der Waals surface area (Å²) in [4.78, 5) is -0.0360. The molecule has 2 atom stereocenters. The molecule has 1 aliphatic rings. The molecular formula is C14H19N3O3S. The zero-order chi connectivity index (χ0) is 15.5. The normalized spacial score (nSPS) is 22.1. The first kappa shape index (κ1) is 15.8. The number of sulfonamides is 1. The molecule has 1 heterocycles. The highest BCUT2D eigenvalue weighted by molar-refractivity contribution is 7.89. The first-order valence-electron chi connectivity index (χ1n) is 6.89. The van der Waals surface area contributed by atoms with Crippen molar-refractivity contribution in [1.29, 1.82) is 5.26 Å². The average Bonchev–Trinajstić information content (AvgIpc) is 2.92. The zero-order valence-electron chi connectivity index (χ0n) is 11.9. The van der Waals surface area contributed by atoms with E-state index in [1.54, 1.807) is 0 Å². The lowest BCUT2D eigenvalue weighted by Crippen LogP contribution is -2.33. The van der Waals surface area contributed by atoms with Crippen LogP contribution in [0.5, 0.6) is 0 Å². The van der Waals surface area contributed by atoms with E-state index in [4.69, 9.17) is 15.7 Å². The lowest BCUT2D eigenvalue weighted by Gasteiger charge is -2.17. The van der Waals surface area contributed by atoms with Crippen molar-refractivity contribution in [2.24, 2.45) is 5.92 Å². The van der Waals surface area contributed by atoms with E-state index >= 15 is 0 Å². The fourth-order valence-electron chi connectivity index (χ4n) is 2.54. The topological polar surface area (TPSA) is 105 Å². The molecule has 3 N–H and O–H groups in total. The number of nitrogens with one attached hydrogen (secondary N) is 1. The van der Waals surface area contributed by atoms with Crippen molar-refractivity contribution in [3.63, 3.8) is 0 Å². The lowest BCUT2D eigenvalue weighted by molar-refractivity contribution is 0.0884. The number of hydrogen-bond donors (Lipinski definition) is 2. The van der Waals surface area contributed by atoms with Crippen LogP contribution in [0.2, 0.25) is 0 Å². The smallest absolute Gasteiger partial charge is 0.241 e. The maximum atomic E-state index is 12.3. The fourth-order valence-corrected chi connectivity index (χ4v) is 3.77. The minimum Gasteiger partial charge on any atom is -0.399 e.